The van der Waals surface area contributed by atoms with Crippen LogP contribution in [0.1, 0.15) is 20.7 Å². The van der Waals surface area contributed by atoms with Crippen molar-refractivity contribution in [2.45, 2.75) is 12.2 Å². The van der Waals surface area contributed by atoms with E-state index in [9.17, 15) is 19.2 Å². The number of aliphatic carboxylic acids is 2. The lowest BCUT2D eigenvalue weighted by molar-refractivity contribution is -0.165. The average Bonchev–Trinajstić information content (AvgIpc) is 2.70. The first-order chi connectivity index (χ1) is 14.5. The number of carbonyl (C=O) groups excluding carboxylic acids is 2. The van der Waals surface area contributed by atoms with Crippen LogP contribution < -0.4 is 5.73 Å². The third-order valence-corrected chi connectivity index (χ3v) is 4.53. The van der Waals surface area contributed by atoms with Crippen LogP contribution in [0.5, 0.6) is 0 Å². The molecule has 2 atom stereocenters. The molecule has 0 spiro atoms. The van der Waals surface area contributed by atoms with E-state index < -0.39 is 24.1 Å². The number of carboxylic acid groups (broad SMARTS) is 2. The molecule has 1 heterocycles. The Morgan fingerprint density at radius 2 is 1.55 bits per heavy atom. The van der Waals surface area contributed by atoms with Crippen molar-refractivity contribution in [3.8, 4) is 0 Å². The Kier molecular flexibility index (Phi) is 7.28. The van der Waals surface area contributed by atoms with E-state index in [2.05, 4.69) is 0 Å². The van der Waals surface area contributed by atoms with Crippen LogP contribution in [-0.4, -0.2) is 93.4 Å². The Morgan fingerprint density at radius 3 is 2.06 bits per heavy atom. The number of aliphatic hydroxyl groups excluding tert-OH is 2. The standard InChI is InChI=1S/C16H17N3O2.C4H6O6/c1-18(2)6-7-19-15(20)12-5-3-4-10-8-11(17)9-13(14(10)12)16(19)21;5-1(3(7)8)2(6)4(9)10/h3-5,8-9H,6-7,17H2,1-2H3;1-2,5-6H,(H,7,8)(H,9,10). The molecule has 2 aromatic carbocycles. The number of likely N-dealkylation sites (N-methyl/N-ethyl adjacent to an activating group) is 1. The molecular weight excluding hydrogens is 410 g/mol. The first-order valence-corrected chi connectivity index (χ1v) is 9.10. The molecule has 2 aromatic rings. The van der Waals surface area contributed by atoms with Crippen molar-refractivity contribution >= 4 is 40.2 Å². The zero-order valence-corrected chi connectivity index (χ0v) is 16.8. The number of carboxylic acids is 2. The highest BCUT2D eigenvalue weighted by Crippen LogP contribution is 2.31. The van der Waals surface area contributed by atoms with Crippen molar-refractivity contribution in [2.24, 2.45) is 0 Å². The molecule has 0 aromatic heterocycles. The topological polar surface area (TPSA) is 182 Å². The molecule has 11 nitrogen and oxygen atoms in total. The number of carbonyl (C=O) groups is 4. The maximum atomic E-state index is 12.6. The van der Waals surface area contributed by atoms with Gasteiger partial charge in [-0.15, -0.1) is 0 Å². The summed E-state index contributed by atoms with van der Waals surface area (Å²) in [6.45, 7) is 1.00. The molecule has 0 fully saturated rings. The summed E-state index contributed by atoms with van der Waals surface area (Å²) in [6.07, 6.45) is -4.53. The number of nitrogens with two attached hydrogens (primary N) is 1. The number of anilines is 1. The molecule has 1 aliphatic heterocycles. The summed E-state index contributed by atoms with van der Waals surface area (Å²) < 4.78 is 0. The summed E-state index contributed by atoms with van der Waals surface area (Å²) in [5.41, 5.74) is 7.49. The number of hydrogen-bond donors (Lipinski definition) is 5. The van der Waals surface area contributed by atoms with Gasteiger partial charge < -0.3 is 31.1 Å². The number of nitrogens with zero attached hydrogens (tertiary/aromatic N) is 2. The Morgan fingerprint density at radius 1 is 1.00 bits per heavy atom. The van der Waals surface area contributed by atoms with Crippen molar-refractivity contribution in [3.63, 3.8) is 0 Å². The van der Waals surface area contributed by atoms with Gasteiger partial charge in [0.2, 0.25) is 0 Å². The molecule has 31 heavy (non-hydrogen) atoms. The van der Waals surface area contributed by atoms with Crippen molar-refractivity contribution in [2.75, 3.05) is 32.9 Å². The van der Waals surface area contributed by atoms with Gasteiger partial charge >= 0.3 is 11.9 Å². The fraction of sp³-hybridized carbons (Fsp3) is 0.300. The zero-order valence-electron chi connectivity index (χ0n) is 16.8. The highest BCUT2D eigenvalue weighted by atomic mass is 16.4. The lowest BCUT2D eigenvalue weighted by Gasteiger charge is -2.28. The average molecular weight is 433 g/mol. The van der Waals surface area contributed by atoms with E-state index in [1.165, 1.54) is 4.90 Å². The summed E-state index contributed by atoms with van der Waals surface area (Å²) in [4.78, 5) is 48.0. The van der Waals surface area contributed by atoms with Crippen LogP contribution in [0.15, 0.2) is 30.3 Å². The van der Waals surface area contributed by atoms with Crippen LogP contribution in [0.4, 0.5) is 5.69 Å². The highest BCUT2D eigenvalue weighted by molar-refractivity contribution is 6.25. The molecule has 0 saturated carbocycles. The van der Waals surface area contributed by atoms with Gasteiger partial charge in [-0.2, -0.15) is 0 Å². The second-order valence-corrected chi connectivity index (χ2v) is 7.10. The molecule has 0 radical (unpaired) electrons. The molecule has 0 aliphatic carbocycles. The molecule has 2 amide bonds. The number of amides is 2. The molecule has 0 saturated heterocycles. The lowest BCUT2D eigenvalue weighted by atomic mass is 9.93. The maximum Gasteiger partial charge on any atom is 0.335 e. The third-order valence-electron chi connectivity index (χ3n) is 4.53. The predicted octanol–water partition coefficient (Wildman–Crippen LogP) is -0.543. The van der Waals surface area contributed by atoms with Crippen molar-refractivity contribution in [3.05, 3.63) is 41.5 Å². The Hall–Kier alpha value is -3.54. The van der Waals surface area contributed by atoms with Gasteiger partial charge in [0.25, 0.3) is 11.8 Å². The van der Waals surface area contributed by atoms with Gasteiger partial charge in [-0.25, -0.2) is 9.59 Å². The maximum absolute atomic E-state index is 12.6. The first-order valence-electron chi connectivity index (χ1n) is 9.10. The molecule has 1 aliphatic rings. The number of benzene rings is 2. The van der Waals surface area contributed by atoms with Gasteiger partial charge in [-0.1, -0.05) is 12.1 Å². The van der Waals surface area contributed by atoms with Gasteiger partial charge in [0, 0.05) is 29.7 Å². The van der Waals surface area contributed by atoms with E-state index in [1.54, 1.807) is 18.2 Å². The second kappa shape index (κ2) is 9.51. The van der Waals surface area contributed by atoms with Crippen LogP contribution in [-0.2, 0) is 9.59 Å². The number of hydrogen-bond acceptors (Lipinski definition) is 8. The van der Waals surface area contributed by atoms with Gasteiger partial charge in [-0.3, -0.25) is 14.5 Å². The third kappa shape index (κ3) is 5.15. The minimum absolute atomic E-state index is 0.232. The second-order valence-electron chi connectivity index (χ2n) is 7.10. The van der Waals surface area contributed by atoms with E-state index in [0.29, 0.717) is 35.3 Å². The molecule has 3 rings (SSSR count). The van der Waals surface area contributed by atoms with Gasteiger partial charge in [0.05, 0.1) is 5.56 Å². The normalized spacial score (nSPS) is 14.8. The zero-order chi connectivity index (χ0) is 23.5. The fourth-order valence-electron chi connectivity index (χ4n) is 2.95. The van der Waals surface area contributed by atoms with Crippen LogP contribution >= 0.6 is 0 Å². The SMILES string of the molecule is CN(C)CCN1C(=O)c2cccc3cc(N)cc(c23)C1=O.O=C(O)C(O)C(O)C(=O)O. The van der Waals surface area contributed by atoms with E-state index in [4.69, 9.17) is 26.2 Å². The summed E-state index contributed by atoms with van der Waals surface area (Å²) in [6, 6.07) is 8.90. The quantitative estimate of drug-likeness (QED) is 0.293. The van der Waals surface area contributed by atoms with Crippen LogP contribution in [0.3, 0.4) is 0 Å². The molecular formula is C20H23N3O8. The van der Waals surface area contributed by atoms with Crippen molar-refractivity contribution < 1.29 is 39.6 Å². The van der Waals surface area contributed by atoms with E-state index >= 15 is 0 Å². The molecule has 2 unspecified atom stereocenters. The first kappa shape index (κ1) is 23.7. The minimum Gasteiger partial charge on any atom is -0.479 e. The van der Waals surface area contributed by atoms with E-state index in [1.807, 2.05) is 31.1 Å². The highest BCUT2D eigenvalue weighted by Gasteiger charge is 2.32. The fourth-order valence-corrected chi connectivity index (χ4v) is 2.95. The number of imide groups is 1. The summed E-state index contributed by atoms with van der Waals surface area (Å²) in [5.74, 6) is -4.03. The number of nitrogen functional groups attached to an aromatic ring is 1. The number of aliphatic hydroxyl groups is 2. The van der Waals surface area contributed by atoms with E-state index in [-0.39, 0.29) is 11.8 Å². The Balaban J connectivity index is 0.000000291. The Bertz CT molecular complexity index is 1020. The Labute approximate surface area is 176 Å². The smallest absolute Gasteiger partial charge is 0.335 e. The van der Waals surface area contributed by atoms with E-state index in [0.717, 1.165) is 5.39 Å². The van der Waals surface area contributed by atoms with Gasteiger partial charge in [0.1, 0.15) is 0 Å². The van der Waals surface area contributed by atoms with Crippen molar-refractivity contribution in [1.82, 2.24) is 9.80 Å². The van der Waals surface area contributed by atoms with Crippen LogP contribution in [0, 0.1) is 0 Å². The minimum atomic E-state index is -2.27. The predicted molar refractivity (Wildman–Crippen MR) is 110 cm³/mol. The monoisotopic (exact) mass is 433 g/mol. The molecule has 6 N–H and O–H groups in total. The summed E-state index contributed by atoms with van der Waals surface area (Å²) in [5, 5.41) is 34.1. The molecule has 166 valence electrons. The van der Waals surface area contributed by atoms with Crippen molar-refractivity contribution in [1.29, 1.82) is 0 Å². The number of rotatable bonds is 6. The summed E-state index contributed by atoms with van der Waals surface area (Å²) >= 11 is 0. The van der Waals surface area contributed by atoms with Gasteiger partial charge in [-0.05, 0) is 37.7 Å². The van der Waals surface area contributed by atoms with Crippen LogP contribution in [0.25, 0.3) is 10.8 Å². The lowest BCUT2D eigenvalue weighted by Crippen LogP contribution is -2.43. The molecule has 11 heteroatoms. The summed E-state index contributed by atoms with van der Waals surface area (Å²) in [7, 11) is 3.82. The molecule has 0 bridgehead atoms. The van der Waals surface area contributed by atoms with Gasteiger partial charge in [0.15, 0.2) is 12.2 Å². The van der Waals surface area contributed by atoms with Crippen LogP contribution in [0.2, 0.25) is 0 Å². The largest absolute Gasteiger partial charge is 0.479 e.